The van der Waals surface area contributed by atoms with E-state index in [4.69, 9.17) is 5.73 Å². The number of nitrogens with one attached hydrogen (secondary N) is 1. The molecule has 1 aromatic carbocycles. The highest BCUT2D eigenvalue weighted by molar-refractivity contribution is 5.93. The molecule has 0 unspecified atom stereocenters. The molecule has 3 rings (SSSR count). The standard InChI is InChI=1S/C16H21N3O2/c1-10-9-18-5-6-19(10)16(21)14-8-13(14)11-3-2-4-12(7-11)15(17)20/h2-4,7,10,13-14,18H,5-6,8-9H2,1H3,(H2,17,20)/t10-,13-,14+/m1/s1. The molecule has 1 aliphatic heterocycles. The van der Waals surface area contributed by atoms with Crippen LogP contribution in [0.4, 0.5) is 0 Å². The third-order valence-corrected chi connectivity index (χ3v) is 4.49. The van der Waals surface area contributed by atoms with Gasteiger partial charge < -0.3 is 16.0 Å². The highest BCUT2D eigenvalue weighted by Gasteiger charge is 2.46. The number of carbonyl (C=O) groups is 2. The van der Waals surface area contributed by atoms with E-state index in [0.29, 0.717) is 5.56 Å². The van der Waals surface area contributed by atoms with E-state index in [0.717, 1.165) is 31.6 Å². The van der Waals surface area contributed by atoms with Gasteiger partial charge in [-0.1, -0.05) is 12.1 Å². The molecule has 2 fully saturated rings. The molecule has 21 heavy (non-hydrogen) atoms. The second-order valence-corrected chi connectivity index (χ2v) is 6.02. The van der Waals surface area contributed by atoms with Crippen LogP contribution < -0.4 is 11.1 Å². The van der Waals surface area contributed by atoms with Gasteiger partial charge in [0.05, 0.1) is 0 Å². The van der Waals surface area contributed by atoms with Crippen LogP contribution >= 0.6 is 0 Å². The number of benzene rings is 1. The van der Waals surface area contributed by atoms with Crippen LogP contribution in [0.1, 0.15) is 35.2 Å². The number of carbonyl (C=O) groups excluding carboxylic acids is 2. The van der Waals surface area contributed by atoms with Crippen molar-refractivity contribution in [3.8, 4) is 0 Å². The van der Waals surface area contributed by atoms with Crippen molar-refractivity contribution in [3.05, 3.63) is 35.4 Å². The van der Waals surface area contributed by atoms with Gasteiger partial charge >= 0.3 is 0 Å². The first kappa shape index (κ1) is 14.1. The highest BCUT2D eigenvalue weighted by atomic mass is 16.2. The lowest BCUT2D eigenvalue weighted by Gasteiger charge is -2.34. The smallest absolute Gasteiger partial charge is 0.248 e. The lowest BCUT2D eigenvalue weighted by molar-refractivity contribution is -0.135. The van der Waals surface area contributed by atoms with Gasteiger partial charge in [0.1, 0.15) is 0 Å². The van der Waals surface area contributed by atoms with Crippen molar-refractivity contribution in [1.82, 2.24) is 10.2 Å². The Morgan fingerprint density at radius 3 is 2.90 bits per heavy atom. The van der Waals surface area contributed by atoms with Crippen LogP contribution in [-0.4, -0.2) is 42.4 Å². The number of piperazine rings is 1. The Bertz CT molecular complexity index is 572. The Kier molecular flexibility index (Phi) is 3.68. The van der Waals surface area contributed by atoms with Crippen molar-refractivity contribution in [2.24, 2.45) is 11.7 Å². The van der Waals surface area contributed by atoms with Gasteiger partial charge in [0.25, 0.3) is 0 Å². The number of nitrogens with zero attached hydrogens (tertiary/aromatic N) is 1. The molecule has 1 aliphatic carbocycles. The summed E-state index contributed by atoms with van der Waals surface area (Å²) >= 11 is 0. The SMILES string of the molecule is C[C@@H]1CNCCN1C(=O)[C@H]1C[C@@H]1c1cccc(C(N)=O)c1. The van der Waals surface area contributed by atoms with Crippen LogP contribution in [-0.2, 0) is 4.79 Å². The van der Waals surface area contributed by atoms with Gasteiger partial charge in [0.2, 0.25) is 11.8 Å². The van der Waals surface area contributed by atoms with E-state index in [2.05, 4.69) is 12.2 Å². The van der Waals surface area contributed by atoms with Gasteiger partial charge in [-0.05, 0) is 37.0 Å². The Morgan fingerprint density at radius 1 is 1.38 bits per heavy atom. The van der Waals surface area contributed by atoms with E-state index in [1.165, 1.54) is 0 Å². The molecule has 0 radical (unpaired) electrons. The molecule has 5 nitrogen and oxygen atoms in total. The number of primary amides is 1. The first-order valence-electron chi connectivity index (χ1n) is 7.49. The summed E-state index contributed by atoms with van der Waals surface area (Å²) in [5.41, 5.74) is 6.88. The average Bonchev–Trinajstić information content (AvgIpc) is 3.28. The number of hydrogen-bond donors (Lipinski definition) is 2. The van der Waals surface area contributed by atoms with E-state index in [1.807, 2.05) is 23.1 Å². The van der Waals surface area contributed by atoms with E-state index < -0.39 is 5.91 Å². The molecule has 3 N–H and O–H groups in total. The summed E-state index contributed by atoms with van der Waals surface area (Å²) in [7, 11) is 0. The van der Waals surface area contributed by atoms with Crippen LogP contribution in [0.3, 0.4) is 0 Å². The zero-order chi connectivity index (χ0) is 15.0. The normalized spacial score (nSPS) is 28.2. The predicted octanol–water partition coefficient (Wildman–Crippen LogP) is 0.709. The van der Waals surface area contributed by atoms with Gasteiger partial charge in [-0.15, -0.1) is 0 Å². The van der Waals surface area contributed by atoms with E-state index in [-0.39, 0.29) is 23.8 Å². The van der Waals surface area contributed by atoms with Crippen molar-refractivity contribution in [1.29, 1.82) is 0 Å². The third kappa shape index (κ3) is 2.78. The second-order valence-electron chi connectivity index (χ2n) is 6.02. The molecule has 3 atom stereocenters. The van der Waals surface area contributed by atoms with Gasteiger partial charge in [0, 0.05) is 37.2 Å². The van der Waals surface area contributed by atoms with Crippen LogP contribution in [0.5, 0.6) is 0 Å². The van der Waals surface area contributed by atoms with Crippen LogP contribution in [0, 0.1) is 5.92 Å². The van der Waals surface area contributed by atoms with Crippen molar-refractivity contribution >= 4 is 11.8 Å². The summed E-state index contributed by atoms with van der Waals surface area (Å²) < 4.78 is 0. The van der Waals surface area contributed by atoms with Crippen molar-refractivity contribution in [2.45, 2.75) is 25.3 Å². The predicted molar refractivity (Wildman–Crippen MR) is 79.9 cm³/mol. The fraction of sp³-hybridized carbons (Fsp3) is 0.500. The summed E-state index contributed by atoms with van der Waals surface area (Å²) in [4.78, 5) is 25.8. The summed E-state index contributed by atoms with van der Waals surface area (Å²) in [6.45, 7) is 4.59. The minimum absolute atomic E-state index is 0.0636. The second kappa shape index (κ2) is 5.48. The first-order valence-corrected chi connectivity index (χ1v) is 7.49. The molecule has 5 heteroatoms. The Balaban J connectivity index is 1.69. The third-order valence-electron chi connectivity index (χ3n) is 4.49. The zero-order valence-corrected chi connectivity index (χ0v) is 12.2. The van der Waals surface area contributed by atoms with E-state index >= 15 is 0 Å². The molecular weight excluding hydrogens is 266 g/mol. The molecular formula is C16H21N3O2. The topological polar surface area (TPSA) is 75.4 Å². The molecule has 112 valence electrons. The van der Waals surface area contributed by atoms with Gasteiger partial charge in [-0.2, -0.15) is 0 Å². The zero-order valence-electron chi connectivity index (χ0n) is 12.2. The number of rotatable bonds is 3. The van der Waals surface area contributed by atoms with Crippen molar-refractivity contribution < 1.29 is 9.59 Å². The summed E-state index contributed by atoms with van der Waals surface area (Å²) in [5.74, 6) is 0.127. The fourth-order valence-electron chi connectivity index (χ4n) is 3.14. The monoisotopic (exact) mass is 287 g/mol. The van der Waals surface area contributed by atoms with E-state index in [1.54, 1.807) is 6.07 Å². The number of amides is 2. The molecule has 1 saturated carbocycles. The largest absolute Gasteiger partial charge is 0.366 e. The van der Waals surface area contributed by atoms with Crippen molar-refractivity contribution in [2.75, 3.05) is 19.6 Å². The number of hydrogen-bond acceptors (Lipinski definition) is 3. The minimum Gasteiger partial charge on any atom is -0.366 e. The number of nitrogens with two attached hydrogens (primary N) is 1. The fourth-order valence-corrected chi connectivity index (χ4v) is 3.14. The Labute approximate surface area is 124 Å². The van der Waals surface area contributed by atoms with Gasteiger partial charge in [-0.3, -0.25) is 9.59 Å². The summed E-state index contributed by atoms with van der Waals surface area (Å²) in [5, 5.41) is 3.30. The molecule has 0 spiro atoms. The van der Waals surface area contributed by atoms with Crippen LogP contribution in [0.25, 0.3) is 0 Å². The molecule has 2 aliphatic rings. The lowest BCUT2D eigenvalue weighted by Crippen LogP contribution is -2.52. The molecule has 0 bridgehead atoms. The highest BCUT2D eigenvalue weighted by Crippen LogP contribution is 2.48. The quantitative estimate of drug-likeness (QED) is 0.859. The van der Waals surface area contributed by atoms with E-state index in [9.17, 15) is 9.59 Å². The van der Waals surface area contributed by atoms with Crippen LogP contribution in [0.2, 0.25) is 0 Å². The van der Waals surface area contributed by atoms with Gasteiger partial charge in [0.15, 0.2) is 0 Å². The van der Waals surface area contributed by atoms with Gasteiger partial charge in [-0.25, -0.2) is 0 Å². The molecule has 1 aromatic rings. The molecule has 0 aromatic heterocycles. The molecule has 1 heterocycles. The van der Waals surface area contributed by atoms with Crippen LogP contribution in [0.15, 0.2) is 24.3 Å². The van der Waals surface area contributed by atoms with Crippen molar-refractivity contribution in [3.63, 3.8) is 0 Å². The minimum atomic E-state index is -0.420. The summed E-state index contributed by atoms with van der Waals surface area (Å²) in [6.07, 6.45) is 0.873. The average molecular weight is 287 g/mol. The Hall–Kier alpha value is -1.88. The molecule has 1 saturated heterocycles. The maximum absolute atomic E-state index is 12.6. The maximum Gasteiger partial charge on any atom is 0.248 e. The summed E-state index contributed by atoms with van der Waals surface area (Å²) in [6, 6.07) is 7.60. The maximum atomic E-state index is 12.6. The Morgan fingerprint density at radius 2 is 2.19 bits per heavy atom. The first-order chi connectivity index (χ1) is 10.1. The molecule has 2 amide bonds. The lowest BCUT2D eigenvalue weighted by atomic mass is 10.0.